The molecule has 1 aromatic heterocycles. The zero-order chi connectivity index (χ0) is 13.0. The quantitative estimate of drug-likeness (QED) is 0.785. The largest absolute Gasteiger partial charge is 0.466 e. The van der Waals surface area contributed by atoms with Gasteiger partial charge in [0.15, 0.2) is 0 Å². The summed E-state index contributed by atoms with van der Waals surface area (Å²) in [6, 6.07) is 0. The molecule has 0 saturated carbocycles. The van der Waals surface area contributed by atoms with Crippen LogP contribution < -0.4 is 0 Å². The topological polar surface area (TPSA) is 42.4 Å². The van der Waals surface area contributed by atoms with E-state index >= 15 is 0 Å². The number of hydrogen-bond donors (Lipinski definition) is 0. The molecule has 1 unspecified atom stereocenters. The lowest BCUT2D eigenvalue weighted by atomic mass is 9.98. The molecule has 4 nitrogen and oxygen atoms in total. The van der Waals surface area contributed by atoms with E-state index in [0.29, 0.717) is 6.61 Å². The smallest absolute Gasteiger partial charge is 0.310 e. The lowest BCUT2D eigenvalue weighted by Crippen LogP contribution is -2.38. The van der Waals surface area contributed by atoms with E-state index in [2.05, 4.69) is 15.3 Å². The summed E-state index contributed by atoms with van der Waals surface area (Å²) < 4.78 is 5.11. The molecule has 1 saturated heterocycles. The molecular formula is C13H20N2O2S. The highest BCUT2D eigenvalue weighted by Crippen LogP contribution is 2.21. The second kappa shape index (κ2) is 6.29. The molecule has 0 aromatic carbocycles. The van der Waals surface area contributed by atoms with Crippen molar-refractivity contribution in [3.8, 4) is 0 Å². The molecule has 5 heteroatoms. The normalized spacial score (nSPS) is 20.9. The van der Waals surface area contributed by atoms with E-state index in [9.17, 15) is 4.79 Å². The van der Waals surface area contributed by atoms with E-state index in [-0.39, 0.29) is 11.9 Å². The molecule has 0 amide bonds. The van der Waals surface area contributed by atoms with Gasteiger partial charge in [-0.2, -0.15) is 0 Å². The Morgan fingerprint density at radius 3 is 3.17 bits per heavy atom. The Morgan fingerprint density at radius 2 is 2.50 bits per heavy atom. The van der Waals surface area contributed by atoms with Crippen molar-refractivity contribution < 1.29 is 9.53 Å². The van der Waals surface area contributed by atoms with Crippen LogP contribution in [-0.4, -0.2) is 35.5 Å². The minimum atomic E-state index is -0.0440. The Kier molecular flexibility index (Phi) is 4.72. The fourth-order valence-electron chi connectivity index (χ4n) is 2.32. The second-order valence-electron chi connectivity index (χ2n) is 4.71. The molecule has 0 bridgehead atoms. The van der Waals surface area contributed by atoms with Gasteiger partial charge in [-0.05, 0) is 33.2 Å². The lowest BCUT2D eigenvalue weighted by Gasteiger charge is -2.30. The van der Waals surface area contributed by atoms with E-state index in [1.165, 1.54) is 0 Å². The van der Waals surface area contributed by atoms with E-state index in [0.717, 1.165) is 43.2 Å². The van der Waals surface area contributed by atoms with E-state index in [1.807, 2.05) is 13.8 Å². The van der Waals surface area contributed by atoms with Crippen LogP contribution >= 0.6 is 11.3 Å². The molecule has 0 N–H and O–H groups in total. The summed E-state index contributed by atoms with van der Waals surface area (Å²) in [6.45, 7) is 7.05. The molecule has 2 heterocycles. The molecular weight excluding hydrogens is 248 g/mol. The van der Waals surface area contributed by atoms with Crippen molar-refractivity contribution >= 4 is 17.3 Å². The Morgan fingerprint density at radius 1 is 1.67 bits per heavy atom. The first-order chi connectivity index (χ1) is 8.69. The van der Waals surface area contributed by atoms with E-state index in [1.54, 1.807) is 11.3 Å². The van der Waals surface area contributed by atoms with Gasteiger partial charge in [-0.15, -0.1) is 11.3 Å². The number of esters is 1. The van der Waals surface area contributed by atoms with Crippen LogP contribution in [0.3, 0.4) is 0 Å². The third-order valence-electron chi connectivity index (χ3n) is 3.15. The minimum absolute atomic E-state index is 0.0414. The molecule has 0 spiro atoms. The highest BCUT2D eigenvalue weighted by molar-refractivity contribution is 7.09. The number of likely N-dealkylation sites (tertiary alicyclic amines) is 1. The van der Waals surface area contributed by atoms with Gasteiger partial charge in [0.1, 0.15) is 5.01 Å². The third kappa shape index (κ3) is 3.53. The number of thiazole rings is 1. The maximum atomic E-state index is 11.7. The Balaban J connectivity index is 1.88. The molecule has 18 heavy (non-hydrogen) atoms. The zero-order valence-electron chi connectivity index (χ0n) is 11.0. The number of ether oxygens (including phenoxy) is 1. The SMILES string of the molecule is CCOC(=O)C1CCCN(Cc2nc(C)cs2)C1. The maximum absolute atomic E-state index is 11.7. The van der Waals surface area contributed by atoms with Crippen LogP contribution in [0, 0.1) is 12.8 Å². The number of carbonyl (C=O) groups excluding carboxylic acids is 1. The molecule has 0 aliphatic carbocycles. The molecule has 1 aliphatic heterocycles. The van der Waals surface area contributed by atoms with Gasteiger partial charge in [0, 0.05) is 17.6 Å². The fourth-order valence-corrected chi connectivity index (χ4v) is 3.13. The number of aromatic nitrogens is 1. The van der Waals surface area contributed by atoms with E-state index in [4.69, 9.17) is 4.74 Å². The number of nitrogens with zero attached hydrogens (tertiary/aromatic N) is 2. The summed E-state index contributed by atoms with van der Waals surface area (Å²) in [5, 5.41) is 3.21. The average molecular weight is 268 g/mol. The van der Waals surface area contributed by atoms with Gasteiger partial charge in [0.25, 0.3) is 0 Å². The molecule has 0 radical (unpaired) electrons. The van der Waals surface area contributed by atoms with Crippen LogP contribution in [0.1, 0.15) is 30.5 Å². The predicted octanol–water partition coefficient (Wildman–Crippen LogP) is 2.23. The summed E-state index contributed by atoms with van der Waals surface area (Å²) in [7, 11) is 0. The van der Waals surface area contributed by atoms with Crippen molar-refractivity contribution in [2.24, 2.45) is 5.92 Å². The Bertz CT molecular complexity index is 405. The number of hydrogen-bond acceptors (Lipinski definition) is 5. The highest BCUT2D eigenvalue weighted by Gasteiger charge is 2.27. The van der Waals surface area contributed by atoms with Crippen LogP contribution in [0.25, 0.3) is 0 Å². The van der Waals surface area contributed by atoms with Crippen molar-refractivity contribution in [1.82, 2.24) is 9.88 Å². The molecule has 1 atom stereocenters. The first kappa shape index (κ1) is 13.5. The van der Waals surface area contributed by atoms with Crippen LogP contribution in [-0.2, 0) is 16.1 Å². The van der Waals surface area contributed by atoms with Gasteiger partial charge in [-0.3, -0.25) is 9.69 Å². The summed E-state index contributed by atoms with van der Waals surface area (Å²) in [6.07, 6.45) is 2.01. The maximum Gasteiger partial charge on any atom is 0.310 e. The third-order valence-corrected chi connectivity index (χ3v) is 4.10. The minimum Gasteiger partial charge on any atom is -0.466 e. The van der Waals surface area contributed by atoms with Crippen molar-refractivity contribution in [2.45, 2.75) is 33.2 Å². The van der Waals surface area contributed by atoms with Gasteiger partial charge in [-0.25, -0.2) is 4.98 Å². The number of rotatable bonds is 4. The highest BCUT2D eigenvalue weighted by atomic mass is 32.1. The second-order valence-corrected chi connectivity index (χ2v) is 5.65. The van der Waals surface area contributed by atoms with Crippen LogP contribution in [0.2, 0.25) is 0 Å². The standard InChI is InChI=1S/C13H20N2O2S/c1-3-17-13(16)11-5-4-6-15(7-11)8-12-14-10(2)9-18-12/h9,11H,3-8H2,1-2H3. The number of piperidine rings is 1. The van der Waals surface area contributed by atoms with Gasteiger partial charge in [-0.1, -0.05) is 0 Å². The molecule has 2 rings (SSSR count). The first-order valence-electron chi connectivity index (χ1n) is 6.49. The Labute approximate surface area is 112 Å². The average Bonchev–Trinajstić information content (AvgIpc) is 2.75. The monoisotopic (exact) mass is 268 g/mol. The van der Waals surface area contributed by atoms with Crippen molar-refractivity contribution in [3.05, 3.63) is 16.1 Å². The van der Waals surface area contributed by atoms with Crippen molar-refractivity contribution in [1.29, 1.82) is 0 Å². The summed E-state index contributed by atoms with van der Waals surface area (Å²) in [5.74, 6) is -0.00252. The van der Waals surface area contributed by atoms with Gasteiger partial charge in [0.05, 0.1) is 19.1 Å². The molecule has 1 aromatic rings. The molecule has 1 aliphatic rings. The number of carbonyl (C=O) groups is 1. The summed E-state index contributed by atoms with van der Waals surface area (Å²) in [4.78, 5) is 18.5. The van der Waals surface area contributed by atoms with Gasteiger partial charge < -0.3 is 4.74 Å². The van der Waals surface area contributed by atoms with Crippen molar-refractivity contribution in [2.75, 3.05) is 19.7 Å². The van der Waals surface area contributed by atoms with Crippen LogP contribution in [0.15, 0.2) is 5.38 Å². The lowest BCUT2D eigenvalue weighted by molar-refractivity contribution is -0.150. The summed E-state index contributed by atoms with van der Waals surface area (Å²) in [5.41, 5.74) is 1.08. The van der Waals surface area contributed by atoms with E-state index < -0.39 is 0 Å². The Hall–Kier alpha value is -0.940. The van der Waals surface area contributed by atoms with Crippen LogP contribution in [0.4, 0.5) is 0 Å². The van der Waals surface area contributed by atoms with Gasteiger partial charge in [0.2, 0.25) is 0 Å². The summed E-state index contributed by atoms with van der Waals surface area (Å²) >= 11 is 1.69. The first-order valence-corrected chi connectivity index (χ1v) is 7.37. The zero-order valence-corrected chi connectivity index (χ0v) is 11.8. The van der Waals surface area contributed by atoms with Crippen molar-refractivity contribution in [3.63, 3.8) is 0 Å². The van der Waals surface area contributed by atoms with Crippen LogP contribution in [0.5, 0.6) is 0 Å². The predicted molar refractivity (Wildman–Crippen MR) is 71.5 cm³/mol. The number of aryl methyl sites for hydroxylation is 1. The fraction of sp³-hybridized carbons (Fsp3) is 0.692. The molecule has 1 fully saturated rings. The van der Waals surface area contributed by atoms with Gasteiger partial charge >= 0.3 is 5.97 Å². The molecule has 100 valence electrons.